The Morgan fingerprint density at radius 2 is 2.05 bits per heavy atom. The van der Waals surface area contributed by atoms with Crippen LogP contribution in [0.15, 0.2) is 48.7 Å². The molecular weight excluding hydrogens is 248 g/mol. The van der Waals surface area contributed by atoms with Crippen LogP contribution >= 0.6 is 0 Å². The molecule has 3 rings (SSSR count). The lowest BCUT2D eigenvalue weighted by molar-refractivity contribution is 0.416. The molecule has 3 aromatic rings. The fraction of sp³-hybridized carbons (Fsp3) is 0.176. The maximum Gasteiger partial charge on any atom is 0.141 e. The van der Waals surface area contributed by atoms with E-state index in [0.29, 0.717) is 0 Å². The molecule has 0 saturated carbocycles. The number of rotatable bonds is 4. The smallest absolute Gasteiger partial charge is 0.141 e. The van der Waals surface area contributed by atoms with Crippen molar-refractivity contribution >= 4 is 16.6 Å². The molecule has 0 aliphatic carbocycles. The minimum atomic E-state index is 0.773. The molecule has 0 fully saturated rings. The van der Waals surface area contributed by atoms with Crippen LogP contribution in [0, 0.1) is 6.92 Å². The molecule has 20 heavy (non-hydrogen) atoms. The molecule has 0 unspecified atom stereocenters. The van der Waals surface area contributed by atoms with Crippen LogP contribution in [0.5, 0.6) is 5.75 Å². The van der Waals surface area contributed by atoms with E-state index in [0.717, 1.165) is 18.0 Å². The molecule has 0 spiro atoms. The van der Waals surface area contributed by atoms with Crippen molar-refractivity contribution in [3.8, 4) is 5.75 Å². The number of fused-ring (bicyclic) bond motifs is 1. The first-order valence-corrected chi connectivity index (χ1v) is 6.71. The second-order valence-electron chi connectivity index (χ2n) is 4.91. The number of aromatic nitrogens is 1. The summed E-state index contributed by atoms with van der Waals surface area (Å²) in [6, 6.07) is 14.6. The third kappa shape index (κ3) is 2.35. The highest BCUT2D eigenvalue weighted by Crippen LogP contribution is 2.26. The number of nitrogens with one attached hydrogen (secondary N) is 2. The predicted octanol–water partition coefficient (Wildman–Crippen LogP) is 4.10. The Morgan fingerprint density at radius 3 is 2.90 bits per heavy atom. The molecule has 1 aromatic heterocycles. The SMILES string of the molecule is COc1ccc(C)cc1NCc1cccc2[nH]ccc12. The van der Waals surface area contributed by atoms with E-state index in [4.69, 9.17) is 4.74 Å². The Hall–Kier alpha value is -2.42. The Labute approximate surface area is 118 Å². The summed E-state index contributed by atoms with van der Waals surface area (Å²) in [5.41, 5.74) is 4.68. The number of benzene rings is 2. The number of H-pyrrole nitrogens is 1. The number of ether oxygens (including phenoxy) is 1. The molecule has 0 aliphatic rings. The molecule has 0 aliphatic heterocycles. The van der Waals surface area contributed by atoms with E-state index >= 15 is 0 Å². The number of hydrogen-bond acceptors (Lipinski definition) is 2. The van der Waals surface area contributed by atoms with Crippen LogP contribution in [0.2, 0.25) is 0 Å². The van der Waals surface area contributed by atoms with E-state index < -0.39 is 0 Å². The van der Waals surface area contributed by atoms with E-state index in [1.54, 1.807) is 7.11 Å². The van der Waals surface area contributed by atoms with Gasteiger partial charge in [-0.05, 0) is 42.3 Å². The zero-order valence-electron chi connectivity index (χ0n) is 11.7. The number of aromatic amines is 1. The topological polar surface area (TPSA) is 37.0 Å². The van der Waals surface area contributed by atoms with E-state index in [1.807, 2.05) is 12.3 Å². The normalized spacial score (nSPS) is 10.7. The monoisotopic (exact) mass is 266 g/mol. The van der Waals surface area contributed by atoms with Gasteiger partial charge in [0.05, 0.1) is 12.8 Å². The summed E-state index contributed by atoms with van der Waals surface area (Å²) < 4.78 is 5.39. The molecule has 0 bridgehead atoms. The van der Waals surface area contributed by atoms with Crippen LogP contribution in [-0.4, -0.2) is 12.1 Å². The van der Waals surface area contributed by atoms with E-state index in [2.05, 4.69) is 53.6 Å². The second kappa shape index (κ2) is 5.29. The van der Waals surface area contributed by atoms with Crippen LogP contribution in [0.25, 0.3) is 10.9 Å². The van der Waals surface area contributed by atoms with Crippen LogP contribution in [0.4, 0.5) is 5.69 Å². The Bertz CT molecular complexity index is 731. The minimum Gasteiger partial charge on any atom is -0.495 e. The Kier molecular flexibility index (Phi) is 3.33. The fourth-order valence-electron chi connectivity index (χ4n) is 2.46. The number of aryl methyl sites for hydroxylation is 1. The highest BCUT2D eigenvalue weighted by molar-refractivity contribution is 5.83. The summed E-state index contributed by atoms with van der Waals surface area (Å²) in [6.07, 6.45) is 1.97. The van der Waals surface area contributed by atoms with Gasteiger partial charge < -0.3 is 15.0 Å². The van der Waals surface area contributed by atoms with Gasteiger partial charge in [-0.3, -0.25) is 0 Å². The summed E-state index contributed by atoms with van der Waals surface area (Å²) in [5, 5.41) is 4.72. The first-order chi connectivity index (χ1) is 9.78. The van der Waals surface area contributed by atoms with Gasteiger partial charge >= 0.3 is 0 Å². The van der Waals surface area contributed by atoms with Gasteiger partial charge in [0, 0.05) is 23.6 Å². The number of hydrogen-bond donors (Lipinski definition) is 2. The van der Waals surface area contributed by atoms with Crippen LogP contribution in [0.3, 0.4) is 0 Å². The minimum absolute atomic E-state index is 0.773. The van der Waals surface area contributed by atoms with Crippen molar-refractivity contribution in [1.82, 2.24) is 4.98 Å². The third-order valence-corrected chi connectivity index (χ3v) is 3.51. The lowest BCUT2D eigenvalue weighted by Crippen LogP contribution is -2.02. The molecule has 0 amide bonds. The maximum atomic E-state index is 5.39. The van der Waals surface area contributed by atoms with Crippen molar-refractivity contribution in [2.45, 2.75) is 13.5 Å². The van der Waals surface area contributed by atoms with Gasteiger partial charge in [-0.25, -0.2) is 0 Å². The highest BCUT2D eigenvalue weighted by Gasteiger charge is 2.05. The second-order valence-corrected chi connectivity index (χ2v) is 4.91. The van der Waals surface area contributed by atoms with Crippen LogP contribution < -0.4 is 10.1 Å². The molecule has 2 aromatic carbocycles. The standard InChI is InChI=1S/C17H18N2O/c1-12-6-7-17(20-2)16(10-12)19-11-13-4-3-5-15-14(13)8-9-18-15/h3-10,18-19H,11H2,1-2H3. The molecular formula is C17H18N2O. The summed E-state index contributed by atoms with van der Waals surface area (Å²) in [4.78, 5) is 3.24. The lowest BCUT2D eigenvalue weighted by Gasteiger charge is -2.12. The first-order valence-electron chi connectivity index (χ1n) is 6.71. The van der Waals surface area contributed by atoms with Crippen molar-refractivity contribution in [2.75, 3.05) is 12.4 Å². The zero-order valence-corrected chi connectivity index (χ0v) is 11.7. The van der Waals surface area contributed by atoms with Crippen molar-refractivity contribution in [2.24, 2.45) is 0 Å². The molecule has 0 saturated heterocycles. The van der Waals surface area contributed by atoms with Gasteiger partial charge in [-0.2, -0.15) is 0 Å². The van der Waals surface area contributed by atoms with E-state index in [9.17, 15) is 0 Å². The Balaban J connectivity index is 1.86. The molecule has 3 heteroatoms. The van der Waals surface area contributed by atoms with Gasteiger partial charge in [-0.1, -0.05) is 18.2 Å². The maximum absolute atomic E-state index is 5.39. The fourth-order valence-corrected chi connectivity index (χ4v) is 2.46. The van der Waals surface area contributed by atoms with Gasteiger partial charge in [0.15, 0.2) is 0 Å². The van der Waals surface area contributed by atoms with Gasteiger partial charge in [0.25, 0.3) is 0 Å². The third-order valence-electron chi connectivity index (χ3n) is 3.51. The average Bonchev–Trinajstić information content (AvgIpc) is 2.94. The van der Waals surface area contributed by atoms with Crippen molar-refractivity contribution in [1.29, 1.82) is 0 Å². The van der Waals surface area contributed by atoms with Gasteiger partial charge in [0.2, 0.25) is 0 Å². The number of methoxy groups -OCH3 is 1. The first kappa shape index (κ1) is 12.6. The zero-order chi connectivity index (χ0) is 13.9. The predicted molar refractivity (Wildman–Crippen MR) is 83.4 cm³/mol. The van der Waals surface area contributed by atoms with Crippen molar-refractivity contribution in [3.63, 3.8) is 0 Å². The summed E-state index contributed by atoms with van der Waals surface area (Å²) >= 11 is 0. The molecule has 2 N–H and O–H groups in total. The number of anilines is 1. The van der Waals surface area contributed by atoms with E-state index in [1.165, 1.54) is 22.0 Å². The largest absolute Gasteiger partial charge is 0.495 e. The molecule has 0 atom stereocenters. The van der Waals surface area contributed by atoms with Crippen molar-refractivity contribution in [3.05, 3.63) is 59.8 Å². The van der Waals surface area contributed by atoms with Gasteiger partial charge in [-0.15, -0.1) is 0 Å². The van der Waals surface area contributed by atoms with Gasteiger partial charge in [0.1, 0.15) is 5.75 Å². The van der Waals surface area contributed by atoms with Crippen molar-refractivity contribution < 1.29 is 4.74 Å². The Morgan fingerprint density at radius 1 is 1.15 bits per heavy atom. The molecule has 102 valence electrons. The molecule has 1 heterocycles. The van der Waals surface area contributed by atoms with Crippen LogP contribution in [-0.2, 0) is 6.54 Å². The van der Waals surface area contributed by atoms with Crippen LogP contribution in [0.1, 0.15) is 11.1 Å². The average molecular weight is 266 g/mol. The lowest BCUT2D eigenvalue weighted by atomic mass is 10.1. The summed E-state index contributed by atoms with van der Waals surface area (Å²) in [5.74, 6) is 0.872. The molecule has 3 nitrogen and oxygen atoms in total. The molecule has 0 radical (unpaired) electrons. The van der Waals surface area contributed by atoms with E-state index in [-0.39, 0.29) is 0 Å². The summed E-state index contributed by atoms with van der Waals surface area (Å²) in [7, 11) is 1.70. The summed E-state index contributed by atoms with van der Waals surface area (Å²) in [6.45, 7) is 2.85. The quantitative estimate of drug-likeness (QED) is 0.746. The highest BCUT2D eigenvalue weighted by atomic mass is 16.5.